The topological polar surface area (TPSA) is 29.1 Å². The van der Waals surface area contributed by atoms with E-state index in [0.29, 0.717) is 5.56 Å². The van der Waals surface area contributed by atoms with E-state index in [1.807, 2.05) is 0 Å². The molecule has 0 radical (unpaired) electrons. The number of thiophene rings is 1. The smallest absolute Gasteiger partial charge is 0.254 e. The lowest BCUT2D eigenvalue weighted by Crippen LogP contribution is -2.31. The van der Waals surface area contributed by atoms with Crippen LogP contribution in [0.1, 0.15) is 45.2 Å². The first-order valence-corrected chi connectivity index (χ1v) is 7.67. The molecule has 3 rings (SSSR count). The Morgan fingerprint density at radius 2 is 2.25 bits per heavy atom. The normalized spacial score (nSPS) is 17.6. The molecule has 1 atom stereocenters. The molecule has 2 aromatic rings. The summed E-state index contributed by atoms with van der Waals surface area (Å²) in [6.07, 6.45) is 3.07. The van der Waals surface area contributed by atoms with Crippen molar-refractivity contribution in [2.75, 3.05) is 0 Å². The Bertz CT molecular complexity index is 650. The molecule has 1 aromatic heterocycles. The van der Waals surface area contributed by atoms with Crippen LogP contribution in [0.15, 0.2) is 29.6 Å². The van der Waals surface area contributed by atoms with Crippen molar-refractivity contribution in [3.63, 3.8) is 0 Å². The van der Waals surface area contributed by atoms with Crippen LogP contribution in [0.25, 0.3) is 0 Å². The van der Waals surface area contributed by atoms with Gasteiger partial charge in [0.15, 0.2) is 0 Å². The number of hydrogen-bond donors (Lipinski definition) is 1. The number of nitrogens with one attached hydrogen (secondary N) is 1. The van der Waals surface area contributed by atoms with E-state index in [4.69, 9.17) is 0 Å². The highest BCUT2D eigenvalue weighted by Gasteiger charge is 2.24. The van der Waals surface area contributed by atoms with Crippen LogP contribution in [0.2, 0.25) is 0 Å². The zero-order valence-electron chi connectivity index (χ0n) is 11.3. The molecule has 2 nitrogen and oxygen atoms in total. The molecule has 0 fully saturated rings. The van der Waals surface area contributed by atoms with Crippen LogP contribution in [-0.4, -0.2) is 5.91 Å². The zero-order valence-corrected chi connectivity index (χ0v) is 12.1. The largest absolute Gasteiger partial charge is 0.345 e. The van der Waals surface area contributed by atoms with E-state index in [0.717, 1.165) is 19.3 Å². The predicted molar refractivity (Wildman–Crippen MR) is 78.6 cm³/mol. The number of rotatable bonds is 2. The number of fused-ring (bicyclic) bond motifs is 1. The van der Waals surface area contributed by atoms with Gasteiger partial charge in [-0.3, -0.25) is 4.79 Å². The first-order valence-electron chi connectivity index (χ1n) is 6.79. The van der Waals surface area contributed by atoms with Gasteiger partial charge in [-0.15, -0.1) is 11.3 Å². The molecule has 0 saturated carbocycles. The van der Waals surface area contributed by atoms with Crippen LogP contribution in [0, 0.1) is 12.7 Å². The van der Waals surface area contributed by atoms with Gasteiger partial charge in [-0.1, -0.05) is 12.1 Å². The molecule has 104 valence electrons. The molecule has 1 heterocycles. The Morgan fingerprint density at radius 1 is 1.40 bits per heavy atom. The van der Waals surface area contributed by atoms with Crippen molar-refractivity contribution in [3.05, 3.63) is 57.0 Å². The average Bonchev–Trinajstić information content (AvgIpc) is 2.91. The SMILES string of the molecule is Cc1cccc(C(=O)NC2CCCc3sccc32)c1F. The van der Waals surface area contributed by atoms with Crippen LogP contribution < -0.4 is 5.32 Å². The van der Waals surface area contributed by atoms with Crippen LogP contribution in [0.4, 0.5) is 4.39 Å². The first kappa shape index (κ1) is 13.3. The maximum Gasteiger partial charge on any atom is 0.254 e. The summed E-state index contributed by atoms with van der Waals surface area (Å²) in [7, 11) is 0. The molecule has 20 heavy (non-hydrogen) atoms. The number of amides is 1. The molecule has 1 N–H and O–H groups in total. The first-order chi connectivity index (χ1) is 9.66. The molecule has 0 saturated heterocycles. The van der Waals surface area contributed by atoms with E-state index in [1.54, 1.807) is 30.4 Å². The second-order valence-electron chi connectivity index (χ2n) is 5.15. The predicted octanol–water partition coefficient (Wildman–Crippen LogP) is 4.00. The van der Waals surface area contributed by atoms with Gasteiger partial charge in [-0.25, -0.2) is 4.39 Å². The molecule has 4 heteroatoms. The summed E-state index contributed by atoms with van der Waals surface area (Å²) in [5.41, 5.74) is 1.83. The fraction of sp³-hybridized carbons (Fsp3) is 0.312. The van der Waals surface area contributed by atoms with Crippen LogP contribution >= 0.6 is 11.3 Å². The number of aryl methyl sites for hydroxylation is 2. The third-order valence-corrected chi connectivity index (χ3v) is 4.79. The van der Waals surface area contributed by atoms with Gasteiger partial charge >= 0.3 is 0 Å². The van der Waals surface area contributed by atoms with E-state index in [1.165, 1.54) is 16.5 Å². The second kappa shape index (κ2) is 5.37. The summed E-state index contributed by atoms with van der Waals surface area (Å²) >= 11 is 1.73. The summed E-state index contributed by atoms with van der Waals surface area (Å²) in [6.45, 7) is 1.67. The third kappa shape index (κ3) is 2.36. The Morgan fingerprint density at radius 3 is 3.10 bits per heavy atom. The average molecular weight is 289 g/mol. The summed E-state index contributed by atoms with van der Waals surface area (Å²) in [6, 6.07) is 7.00. The van der Waals surface area contributed by atoms with Gasteiger partial charge in [0, 0.05) is 4.88 Å². The molecular formula is C16H16FNOS. The summed E-state index contributed by atoms with van der Waals surface area (Å²) in [5, 5.41) is 5.03. The molecule has 1 amide bonds. The quantitative estimate of drug-likeness (QED) is 0.889. The van der Waals surface area contributed by atoms with Crippen LogP contribution in [-0.2, 0) is 6.42 Å². The summed E-state index contributed by atoms with van der Waals surface area (Å²) < 4.78 is 14.0. The van der Waals surface area contributed by atoms with E-state index in [9.17, 15) is 9.18 Å². The Kier molecular flexibility index (Phi) is 3.57. The van der Waals surface area contributed by atoms with Gasteiger partial charge in [-0.05, 0) is 54.8 Å². The van der Waals surface area contributed by atoms with Crippen molar-refractivity contribution in [1.82, 2.24) is 5.32 Å². The van der Waals surface area contributed by atoms with Gasteiger partial charge in [-0.2, -0.15) is 0 Å². The number of hydrogen-bond acceptors (Lipinski definition) is 2. The van der Waals surface area contributed by atoms with Gasteiger partial charge in [0.1, 0.15) is 5.82 Å². The van der Waals surface area contributed by atoms with Crippen molar-refractivity contribution in [1.29, 1.82) is 0 Å². The number of benzene rings is 1. The van der Waals surface area contributed by atoms with E-state index in [-0.39, 0.29) is 17.5 Å². The monoisotopic (exact) mass is 289 g/mol. The van der Waals surface area contributed by atoms with Crippen molar-refractivity contribution in [2.24, 2.45) is 0 Å². The fourth-order valence-corrected chi connectivity index (χ4v) is 3.68. The lowest BCUT2D eigenvalue weighted by molar-refractivity contribution is 0.0928. The lowest BCUT2D eigenvalue weighted by Gasteiger charge is -2.23. The van der Waals surface area contributed by atoms with Crippen molar-refractivity contribution in [2.45, 2.75) is 32.2 Å². The van der Waals surface area contributed by atoms with Gasteiger partial charge < -0.3 is 5.32 Å². The summed E-state index contributed by atoms with van der Waals surface area (Å²) in [4.78, 5) is 13.6. The highest BCUT2D eigenvalue weighted by Crippen LogP contribution is 2.33. The van der Waals surface area contributed by atoms with E-state index >= 15 is 0 Å². The molecule has 0 aliphatic heterocycles. The minimum absolute atomic E-state index is 0.0115. The highest BCUT2D eigenvalue weighted by atomic mass is 32.1. The molecule has 0 spiro atoms. The van der Waals surface area contributed by atoms with Crippen LogP contribution in [0.5, 0.6) is 0 Å². The molecular weight excluding hydrogens is 273 g/mol. The van der Waals surface area contributed by atoms with E-state index in [2.05, 4.69) is 16.8 Å². The van der Waals surface area contributed by atoms with Crippen LogP contribution in [0.3, 0.4) is 0 Å². The van der Waals surface area contributed by atoms with Gasteiger partial charge in [0.05, 0.1) is 11.6 Å². The summed E-state index contributed by atoms with van der Waals surface area (Å²) in [5.74, 6) is -0.749. The maximum atomic E-state index is 14.0. The van der Waals surface area contributed by atoms with Crippen molar-refractivity contribution < 1.29 is 9.18 Å². The van der Waals surface area contributed by atoms with Crippen molar-refractivity contribution in [3.8, 4) is 0 Å². The van der Waals surface area contributed by atoms with Gasteiger partial charge in [0.2, 0.25) is 0 Å². The lowest BCUT2D eigenvalue weighted by atomic mass is 9.93. The zero-order chi connectivity index (χ0) is 14.1. The molecule has 0 bridgehead atoms. The Hall–Kier alpha value is -1.68. The standard InChI is InChI=1S/C16H16FNOS/c1-10-4-2-5-12(15(10)17)16(19)18-13-6-3-7-14-11(13)8-9-20-14/h2,4-5,8-9,13H,3,6-7H2,1H3,(H,18,19). The molecule has 1 aliphatic rings. The highest BCUT2D eigenvalue weighted by molar-refractivity contribution is 7.10. The van der Waals surface area contributed by atoms with Gasteiger partial charge in [0.25, 0.3) is 5.91 Å². The number of carbonyl (C=O) groups excluding carboxylic acids is 1. The second-order valence-corrected chi connectivity index (χ2v) is 6.15. The third-order valence-electron chi connectivity index (χ3n) is 3.79. The maximum absolute atomic E-state index is 14.0. The fourth-order valence-electron chi connectivity index (χ4n) is 2.70. The molecule has 1 aromatic carbocycles. The minimum atomic E-state index is -0.425. The number of halogens is 1. The molecule has 1 aliphatic carbocycles. The molecule has 1 unspecified atom stereocenters. The minimum Gasteiger partial charge on any atom is -0.345 e. The number of carbonyl (C=O) groups is 1. The van der Waals surface area contributed by atoms with Crippen molar-refractivity contribution >= 4 is 17.2 Å². The Labute approximate surface area is 121 Å². The Balaban J connectivity index is 1.83. The van der Waals surface area contributed by atoms with E-state index < -0.39 is 5.82 Å².